The van der Waals surface area contributed by atoms with E-state index in [0.29, 0.717) is 5.92 Å². The lowest BCUT2D eigenvalue weighted by atomic mass is 9.80. The average Bonchev–Trinajstić information content (AvgIpc) is 2.58. The molecule has 0 saturated carbocycles. The molecule has 1 aliphatic heterocycles. The van der Waals surface area contributed by atoms with Gasteiger partial charge in [-0.25, -0.2) is 0 Å². The average molecular weight is 370 g/mol. The Morgan fingerprint density at radius 2 is 1.85 bits per heavy atom. The molecule has 3 nitrogen and oxygen atoms in total. The van der Waals surface area contributed by atoms with Crippen LogP contribution in [0.1, 0.15) is 44.2 Å². The first-order valence-electron chi connectivity index (χ1n) is 9.08. The van der Waals surface area contributed by atoms with Crippen molar-refractivity contribution in [1.82, 2.24) is 0 Å². The summed E-state index contributed by atoms with van der Waals surface area (Å²) in [5.41, 5.74) is 5.78. The molecule has 4 heteroatoms. The first kappa shape index (κ1) is 18.8. The molecular weight excluding hydrogens is 342 g/mol. The lowest BCUT2D eigenvalue weighted by Crippen LogP contribution is -2.45. The Labute approximate surface area is 162 Å². The normalized spacial score (nSPS) is 18.9. The highest BCUT2D eigenvalue weighted by molar-refractivity contribution is 6.33. The van der Waals surface area contributed by atoms with E-state index in [1.54, 1.807) is 0 Å². The predicted octanol–water partition coefficient (Wildman–Crippen LogP) is 5.88. The summed E-state index contributed by atoms with van der Waals surface area (Å²) >= 11 is 6.58. The molecule has 0 amide bonds. The molecule has 3 rings (SSSR count). The third kappa shape index (κ3) is 3.59. The van der Waals surface area contributed by atoms with Gasteiger partial charge in [0, 0.05) is 49.8 Å². The third-order valence-electron chi connectivity index (χ3n) is 5.47. The summed E-state index contributed by atoms with van der Waals surface area (Å²) in [6.45, 7) is 6.86. The van der Waals surface area contributed by atoms with Gasteiger partial charge in [-0.3, -0.25) is 4.99 Å². The number of halogens is 1. The van der Waals surface area contributed by atoms with E-state index in [0.717, 1.165) is 28.4 Å². The maximum absolute atomic E-state index is 6.58. The van der Waals surface area contributed by atoms with Crippen molar-refractivity contribution < 1.29 is 0 Å². The van der Waals surface area contributed by atoms with Gasteiger partial charge in [0.15, 0.2) is 0 Å². The standard InChI is InChI=1S/C22H28ClN3/c1-15-13-22(2,3)26(6)21-12-20(23)16(11-19(15)21)14-24-17-7-9-18(10-8-17)25(4)5/h7-12,14-15H,13H2,1-6H3/t15-/m1/s1. The largest absolute Gasteiger partial charge is 0.378 e. The third-order valence-corrected chi connectivity index (χ3v) is 5.80. The molecule has 1 atom stereocenters. The van der Waals surface area contributed by atoms with Gasteiger partial charge in [-0.1, -0.05) is 18.5 Å². The predicted molar refractivity (Wildman–Crippen MR) is 115 cm³/mol. The van der Waals surface area contributed by atoms with Gasteiger partial charge in [0.25, 0.3) is 0 Å². The van der Waals surface area contributed by atoms with E-state index in [2.05, 4.69) is 66.9 Å². The quantitative estimate of drug-likeness (QED) is 0.629. The minimum absolute atomic E-state index is 0.138. The van der Waals surface area contributed by atoms with Crippen molar-refractivity contribution in [3.05, 3.63) is 52.5 Å². The lowest BCUT2D eigenvalue weighted by Gasteiger charge is -2.45. The number of rotatable bonds is 3. The monoisotopic (exact) mass is 369 g/mol. The van der Waals surface area contributed by atoms with Gasteiger partial charge in [-0.05, 0) is 68.1 Å². The highest BCUT2D eigenvalue weighted by Gasteiger charge is 2.34. The summed E-state index contributed by atoms with van der Waals surface area (Å²) in [5.74, 6) is 0.500. The molecule has 0 saturated heterocycles. The number of hydrogen-bond donors (Lipinski definition) is 0. The second-order valence-electron chi connectivity index (χ2n) is 8.08. The number of hydrogen-bond acceptors (Lipinski definition) is 3. The highest BCUT2D eigenvalue weighted by atomic mass is 35.5. The number of anilines is 2. The van der Waals surface area contributed by atoms with E-state index in [1.807, 2.05) is 32.4 Å². The zero-order valence-corrected chi connectivity index (χ0v) is 17.3. The molecule has 1 heterocycles. The number of nitrogens with zero attached hydrogens (tertiary/aromatic N) is 3. The molecule has 0 unspecified atom stereocenters. The van der Waals surface area contributed by atoms with Gasteiger partial charge in [-0.15, -0.1) is 0 Å². The summed E-state index contributed by atoms with van der Waals surface area (Å²) in [7, 11) is 6.22. The van der Waals surface area contributed by atoms with Gasteiger partial charge in [-0.2, -0.15) is 0 Å². The molecule has 0 radical (unpaired) electrons. The van der Waals surface area contributed by atoms with Gasteiger partial charge < -0.3 is 9.80 Å². The second-order valence-corrected chi connectivity index (χ2v) is 8.49. The Balaban J connectivity index is 1.91. The van der Waals surface area contributed by atoms with Crippen molar-refractivity contribution >= 4 is 34.9 Å². The van der Waals surface area contributed by atoms with Crippen molar-refractivity contribution in [2.75, 3.05) is 30.9 Å². The van der Waals surface area contributed by atoms with Gasteiger partial charge in [0.05, 0.1) is 10.7 Å². The molecule has 2 aromatic rings. The Morgan fingerprint density at radius 3 is 2.46 bits per heavy atom. The minimum Gasteiger partial charge on any atom is -0.378 e. The number of fused-ring (bicyclic) bond motifs is 1. The molecule has 138 valence electrons. The summed E-state index contributed by atoms with van der Waals surface area (Å²) in [6, 6.07) is 12.5. The molecule has 26 heavy (non-hydrogen) atoms. The summed E-state index contributed by atoms with van der Waals surface area (Å²) in [6.07, 6.45) is 3.00. The summed E-state index contributed by atoms with van der Waals surface area (Å²) in [4.78, 5) is 9.04. The lowest BCUT2D eigenvalue weighted by molar-refractivity contribution is 0.395. The fourth-order valence-electron chi connectivity index (χ4n) is 3.68. The van der Waals surface area contributed by atoms with Crippen molar-refractivity contribution in [3.63, 3.8) is 0 Å². The Hall–Kier alpha value is -2.00. The maximum atomic E-state index is 6.58. The van der Waals surface area contributed by atoms with Crippen LogP contribution in [0, 0.1) is 0 Å². The topological polar surface area (TPSA) is 18.8 Å². The molecule has 0 aromatic heterocycles. The molecule has 0 spiro atoms. The van der Waals surface area contributed by atoms with Crippen LogP contribution >= 0.6 is 11.6 Å². The van der Waals surface area contributed by atoms with Crippen molar-refractivity contribution in [2.45, 2.75) is 38.6 Å². The number of aliphatic imine (C=N–C) groups is 1. The van der Waals surface area contributed by atoms with E-state index in [1.165, 1.54) is 11.3 Å². The Kier molecular flexibility index (Phi) is 5.03. The van der Waals surface area contributed by atoms with Crippen molar-refractivity contribution in [3.8, 4) is 0 Å². The van der Waals surface area contributed by atoms with Gasteiger partial charge >= 0.3 is 0 Å². The van der Waals surface area contributed by atoms with Crippen LogP contribution in [0.5, 0.6) is 0 Å². The zero-order chi connectivity index (χ0) is 19.1. The van der Waals surface area contributed by atoms with Crippen LogP contribution in [0.3, 0.4) is 0 Å². The van der Waals surface area contributed by atoms with Crippen LogP contribution in [-0.2, 0) is 0 Å². The van der Waals surface area contributed by atoms with Crippen LogP contribution in [0.15, 0.2) is 41.4 Å². The highest BCUT2D eigenvalue weighted by Crippen LogP contribution is 2.44. The first-order valence-corrected chi connectivity index (χ1v) is 9.45. The van der Waals surface area contributed by atoms with E-state index >= 15 is 0 Å². The molecule has 2 aromatic carbocycles. The minimum atomic E-state index is 0.138. The Morgan fingerprint density at radius 1 is 1.19 bits per heavy atom. The first-order chi connectivity index (χ1) is 12.2. The fraction of sp³-hybridized carbons (Fsp3) is 0.409. The van der Waals surface area contributed by atoms with Crippen LogP contribution in [0.2, 0.25) is 5.02 Å². The van der Waals surface area contributed by atoms with E-state index in [-0.39, 0.29) is 5.54 Å². The SMILES string of the molecule is C[C@@H]1CC(C)(C)N(C)c2cc(Cl)c(C=Nc3ccc(N(C)C)cc3)cc21. The molecule has 0 N–H and O–H groups in total. The zero-order valence-electron chi connectivity index (χ0n) is 16.5. The molecule has 0 bridgehead atoms. The van der Waals surface area contributed by atoms with E-state index in [9.17, 15) is 0 Å². The van der Waals surface area contributed by atoms with Crippen molar-refractivity contribution in [2.24, 2.45) is 4.99 Å². The maximum Gasteiger partial charge on any atom is 0.0631 e. The fourth-order valence-corrected chi connectivity index (χ4v) is 3.89. The Bertz CT molecular complexity index is 822. The second kappa shape index (κ2) is 6.96. The molecule has 0 aliphatic carbocycles. The van der Waals surface area contributed by atoms with Crippen LogP contribution in [0.25, 0.3) is 0 Å². The molecular formula is C22H28ClN3. The number of benzene rings is 2. The van der Waals surface area contributed by atoms with E-state index in [4.69, 9.17) is 11.6 Å². The smallest absolute Gasteiger partial charge is 0.0631 e. The van der Waals surface area contributed by atoms with Gasteiger partial charge in [0.2, 0.25) is 0 Å². The van der Waals surface area contributed by atoms with Gasteiger partial charge in [0.1, 0.15) is 0 Å². The van der Waals surface area contributed by atoms with Crippen LogP contribution in [0.4, 0.5) is 17.1 Å². The van der Waals surface area contributed by atoms with Crippen LogP contribution in [-0.4, -0.2) is 32.9 Å². The summed E-state index contributed by atoms with van der Waals surface area (Å²) < 4.78 is 0. The molecule has 0 fully saturated rings. The molecule has 1 aliphatic rings. The summed E-state index contributed by atoms with van der Waals surface area (Å²) in [5, 5.41) is 0.745. The van der Waals surface area contributed by atoms with E-state index < -0.39 is 0 Å². The van der Waals surface area contributed by atoms with Crippen LogP contribution < -0.4 is 9.80 Å². The van der Waals surface area contributed by atoms with Crippen molar-refractivity contribution in [1.29, 1.82) is 0 Å².